The first-order valence-electron chi connectivity index (χ1n) is 3.63. The van der Waals surface area contributed by atoms with E-state index in [1.807, 2.05) is 0 Å². The van der Waals surface area contributed by atoms with Crippen molar-refractivity contribution in [2.45, 2.75) is 31.7 Å². The molecule has 0 aromatic heterocycles. The van der Waals surface area contributed by atoms with Gasteiger partial charge in [0.15, 0.2) is 0 Å². The maximum absolute atomic E-state index is 5.68. The highest BCUT2D eigenvalue weighted by Crippen LogP contribution is 2.45. The Morgan fingerprint density at radius 2 is 1.88 bits per heavy atom. The molecule has 0 aliphatic heterocycles. The molecule has 2 aliphatic carbocycles. The monoisotopic (exact) mass is 111 g/mol. The number of rotatable bonds is 1. The van der Waals surface area contributed by atoms with Crippen molar-refractivity contribution in [1.82, 2.24) is 0 Å². The molecule has 0 radical (unpaired) electrons. The van der Waals surface area contributed by atoms with Gasteiger partial charge in [-0.3, -0.25) is 0 Å². The summed E-state index contributed by atoms with van der Waals surface area (Å²) in [5.74, 6) is 1.99. The van der Waals surface area contributed by atoms with Crippen molar-refractivity contribution >= 4 is 0 Å². The van der Waals surface area contributed by atoms with Crippen molar-refractivity contribution in [3.8, 4) is 0 Å². The lowest BCUT2D eigenvalue weighted by atomic mass is 9.81. The third-order valence-corrected chi connectivity index (χ3v) is 2.65. The molecule has 2 aliphatic rings. The zero-order valence-corrected chi connectivity index (χ0v) is 5.14. The van der Waals surface area contributed by atoms with Crippen LogP contribution in [0, 0.1) is 11.8 Å². The fraction of sp³-hybridized carbons (Fsp3) is 1.00. The lowest BCUT2D eigenvalue weighted by molar-refractivity contribution is 0.273. The summed E-state index contributed by atoms with van der Waals surface area (Å²) in [4.78, 5) is 0. The van der Waals surface area contributed by atoms with Crippen molar-refractivity contribution in [3.63, 3.8) is 0 Å². The van der Waals surface area contributed by atoms with Gasteiger partial charge in [0.2, 0.25) is 0 Å². The van der Waals surface area contributed by atoms with E-state index >= 15 is 0 Å². The Balaban J connectivity index is 1.82. The van der Waals surface area contributed by atoms with Gasteiger partial charge in [-0.2, -0.15) is 0 Å². The molecule has 2 fully saturated rings. The zero-order chi connectivity index (χ0) is 5.56. The average Bonchev–Trinajstić information content (AvgIpc) is 2.13. The van der Waals surface area contributed by atoms with E-state index in [9.17, 15) is 0 Å². The van der Waals surface area contributed by atoms with Crippen LogP contribution < -0.4 is 5.73 Å². The molecule has 2 atom stereocenters. The zero-order valence-electron chi connectivity index (χ0n) is 5.14. The molecule has 0 heterocycles. The Hall–Kier alpha value is -0.0400. The summed E-state index contributed by atoms with van der Waals surface area (Å²) in [5, 5.41) is 0. The van der Waals surface area contributed by atoms with Crippen LogP contribution in [0.3, 0.4) is 0 Å². The van der Waals surface area contributed by atoms with Gasteiger partial charge in [0.1, 0.15) is 0 Å². The van der Waals surface area contributed by atoms with Crippen LogP contribution in [0.1, 0.15) is 25.7 Å². The van der Waals surface area contributed by atoms with Gasteiger partial charge >= 0.3 is 0 Å². The third-order valence-electron chi connectivity index (χ3n) is 2.65. The highest BCUT2D eigenvalue weighted by molar-refractivity contribution is 4.97. The van der Waals surface area contributed by atoms with E-state index < -0.39 is 0 Å². The highest BCUT2D eigenvalue weighted by Gasteiger charge is 2.42. The summed E-state index contributed by atoms with van der Waals surface area (Å²) in [6, 6.07) is 0.597. The Morgan fingerprint density at radius 3 is 2.00 bits per heavy atom. The summed E-state index contributed by atoms with van der Waals surface area (Å²) in [5.41, 5.74) is 5.68. The molecule has 0 spiro atoms. The summed E-state index contributed by atoms with van der Waals surface area (Å²) >= 11 is 0. The summed E-state index contributed by atoms with van der Waals surface area (Å²) in [6.07, 6.45) is 5.73. The molecule has 46 valence electrons. The van der Waals surface area contributed by atoms with E-state index in [1.54, 1.807) is 0 Å². The molecular weight excluding hydrogens is 98.1 g/mol. The second-order valence-corrected chi connectivity index (χ2v) is 3.25. The van der Waals surface area contributed by atoms with Gasteiger partial charge < -0.3 is 5.73 Å². The smallest absolute Gasteiger partial charge is 0.00737 e. The van der Waals surface area contributed by atoms with E-state index in [4.69, 9.17) is 5.73 Å². The quantitative estimate of drug-likeness (QED) is 0.539. The number of hydrogen-bond acceptors (Lipinski definition) is 1. The molecule has 0 unspecified atom stereocenters. The van der Waals surface area contributed by atoms with Crippen LogP contribution in [-0.2, 0) is 0 Å². The van der Waals surface area contributed by atoms with Crippen LogP contribution >= 0.6 is 0 Å². The Labute approximate surface area is 50.3 Å². The van der Waals surface area contributed by atoms with Gasteiger partial charge in [0.25, 0.3) is 0 Å². The van der Waals surface area contributed by atoms with Gasteiger partial charge in [0, 0.05) is 6.04 Å². The molecule has 2 saturated carbocycles. The van der Waals surface area contributed by atoms with E-state index in [2.05, 4.69) is 0 Å². The average molecular weight is 111 g/mol. The Kier molecular flexibility index (Phi) is 0.884. The Morgan fingerprint density at radius 1 is 1.25 bits per heavy atom. The fourth-order valence-corrected chi connectivity index (χ4v) is 1.65. The summed E-state index contributed by atoms with van der Waals surface area (Å²) < 4.78 is 0. The summed E-state index contributed by atoms with van der Waals surface area (Å²) in [6.45, 7) is 0. The Bertz CT molecular complexity index is 93.8. The third kappa shape index (κ3) is 0.576. The van der Waals surface area contributed by atoms with Gasteiger partial charge in [0.05, 0.1) is 0 Å². The van der Waals surface area contributed by atoms with Crippen molar-refractivity contribution in [1.29, 1.82) is 0 Å². The van der Waals surface area contributed by atoms with Gasteiger partial charge in [-0.15, -0.1) is 0 Å². The molecule has 0 aromatic carbocycles. The van der Waals surface area contributed by atoms with Crippen molar-refractivity contribution in [2.75, 3.05) is 0 Å². The molecule has 0 amide bonds. The van der Waals surface area contributed by atoms with E-state index in [0.717, 1.165) is 11.8 Å². The molecule has 2 N–H and O–H groups in total. The minimum atomic E-state index is 0.597. The van der Waals surface area contributed by atoms with Crippen LogP contribution in [0.2, 0.25) is 0 Å². The van der Waals surface area contributed by atoms with Crippen LogP contribution in [0.5, 0.6) is 0 Å². The molecule has 0 bridgehead atoms. The van der Waals surface area contributed by atoms with Gasteiger partial charge in [-0.05, 0) is 18.3 Å². The van der Waals surface area contributed by atoms with Crippen LogP contribution in [0.15, 0.2) is 0 Å². The minimum absolute atomic E-state index is 0.597. The number of nitrogens with two attached hydrogens (primary N) is 1. The first-order chi connectivity index (χ1) is 3.88. The fourth-order valence-electron chi connectivity index (χ4n) is 1.65. The molecule has 0 aromatic rings. The molecular formula is C7H13N. The van der Waals surface area contributed by atoms with E-state index in [1.165, 1.54) is 25.7 Å². The van der Waals surface area contributed by atoms with Crippen molar-refractivity contribution < 1.29 is 0 Å². The molecule has 0 saturated heterocycles. The van der Waals surface area contributed by atoms with Crippen LogP contribution in [0.4, 0.5) is 0 Å². The molecule has 1 heteroatoms. The molecule has 8 heavy (non-hydrogen) atoms. The first-order valence-corrected chi connectivity index (χ1v) is 3.63. The normalized spacial score (nSPS) is 46.1. The maximum atomic E-state index is 5.68. The van der Waals surface area contributed by atoms with Crippen LogP contribution in [-0.4, -0.2) is 6.04 Å². The second-order valence-electron chi connectivity index (χ2n) is 3.25. The van der Waals surface area contributed by atoms with Crippen molar-refractivity contribution in [2.24, 2.45) is 17.6 Å². The standard InChI is InChI=1S/C7H13N/c8-7-4-6(7)5-2-1-3-5/h5-7H,1-4,8H2/t6-,7-/m1/s1. The lowest BCUT2D eigenvalue weighted by Gasteiger charge is -2.24. The largest absolute Gasteiger partial charge is 0.327 e. The predicted octanol–water partition coefficient (Wildman–Crippen LogP) is 1.13. The van der Waals surface area contributed by atoms with Gasteiger partial charge in [-0.1, -0.05) is 19.3 Å². The van der Waals surface area contributed by atoms with Crippen molar-refractivity contribution in [3.05, 3.63) is 0 Å². The number of hydrogen-bond donors (Lipinski definition) is 1. The summed E-state index contributed by atoms with van der Waals surface area (Å²) in [7, 11) is 0. The second kappa shape index (κ2) is 1.47. The van der Waals surface area contributed by atoms with E-state index in [0.29, 0.717) is 6.04 Å². The maximum Gasteiger partial charge on any atom is 0.00737 e. The highest BCUT2D eigenvalue weighted by atomic mass is 14.8. The topological polar surface area (TPSA) is 26.0 Å². The first kappa shape index (κ1) is 4.80. The molecule has 2 rings (SSSR count). The SMILES string of the molecule is N[C@@H]1C[C@@H]1C1CCC1. The van der Waals surface area contributed by atoms with Gasteiger partial charge in [-0.25, -0.2) is 0 Å². The van der Waals surface area contributed by atoms with E-state index in [-0.39, 0.29) is 0 Å². The lowest BCUT2D eigenvalue weighted by Crippen LogP contribution is -2.17. The predicted molar refractivity (Wildman–Crippen MR) is 33.4 cm³/mol. The minimum Gasteiger partial charge on any atom is -0.327 e. The molecule has 1 nitrogen and oxygen atoms in total. The van der Waals surface area contributed by atoms with Crippen LogP contribution in [0.25, 0.3) is 0 Å².